The molecule has 2 aromatic rings. The van der Waals surface area contributed by atoms with Gasteiger partial charge in [-0.25, -0.2) is 0 Å². The van der Waals surface area contributed by atoms with Gasteiger partial charge in [-0.3, -0.25) is 0 Å². The van der Waals surface area contributed by atoms with E-state index in [0.29, 0.717) is 6.04 Å². The van der Waals surface area contributed by atoms with Crippen molar-refractivity contribution in [3.05, 3.63) is 70.3 Å². The maximum Gasteiger partial charge on any atom is 0.0363 e. The normalized spacial score (nSPS) is 18.1. The molecule has 2 aromatic carbocycles. The van der Waals surface area contributed by atoms with Crippen LogP contribution in [0.25, 0.3) is 0 Å². The largest absolute Gasteiger partial charge is 0.309 e. The maximum absolute atomic E-state index is 3.67. The summed E-state index contributed by atoms with van der Waals surface area (Å²) in [6.07, 6.45) is 2.24. The van der Waals surface area contributed by atoms with Crippen LogP contribution in [0.4, 0.5) is 0 Å². The van der Waals surface area contributed by atoms with Crippen molar-refractivity contribution in [1.29, 1.82) is 0 Å². The van der Waals surface area contributed by atoms with E-state index in [1.807, 2.05) is 0 Å². The molecule has 1 nitrogen and oxygen atoms in total. The lowest BCUT2D eigenvalue weighted by atomic mass is 9.89. The van der Waals surface area contributed by atoms with Crippen molar-refractivity contribution in [2.24, 2.45) is 0 Å². The van der Waals surface area contributed by atoms with Gasteiger partial charge in [-0.1, -0.05) is 48.0 Å². The Hall–Kier alpha value is -1.60. The molecule has 1 aliphatic rings. The van der Waals surface area contributed by atoms with Gasteiger partial charge in [0.25, 0.3) is 0 Å². The second kappa shape index (κ2) is 5.18. The fourth-order valence-corrected chi connectivity index (χ4v) is 3.02. The molecule has 1 atom stereocenters. The second-order valence-corrected chi connectivity index (χ2v) is 5.59. The van der Waals surface area contributed by atoms with Crippen LogP contribution in [-0.4, -0.2) is 6.54 Å². The van der Waals surface area contributed by atoms with Crippen molar-refractivity contribution in [2.75, 3.05) is 6.54 Å². The van der Waals surface area contributed by atoms with Crippen LogP contribution in [-0.2, 0) is 12.8 Å². The molecule has 1 heteroatoms. The van der Waals surface area contributed by atoms with Gasteiger partial charge >= 0.3 is 0 Å². The topological polar surface area (TPSA) is 12.0 Å². The van der Waals surface area contributed by atoms with Gasteiger partial charge in [0.05, 0.1) is 0 Å². The van der Waals surface area contributed by atoms with Crippen molar-refractivity contribution in [3.8, 4) is 0 Å². The van der Waals surface area contributed by atoms with E-state index in [4.69, 9.17) is 0 Å². The predicted molar refractivity (Wildman–Crippen MR) is 80.5 cm³/mol. The van der Waals surface area contributed by atoms with Gasteiger partial charge < -0.3 is 5.32 Å². The Morgan fingerprint density at radius 3 is 2.84 bits per heavy atom. The summed E-state index contributed by atoms with van der Waals surface area (Å²) in [7, 11) is 0. The second-order valence-electron chi connectivity index (χ2n) is 5.59. The van der Waals surface area contributed by atoms with Crippen LogP contribution in [0.3, 0.4) is 0 Å². The molecule has 3 rings (SSSR count). The zero-order valence-electron chi connectivity index (χ0n) is 11.7. The minimum absolute atomic E-state index is 0.463. The first-order chi connectivity index (χ1) is 9.24. The highest BCUT2D eigenvalue weighted by molar-refractivity contribution is 5.36. The van der Waals surface area contributed by atoms with E-state index >= 15 is 0 Å². The minimum Gasteiger partial charge on any atom is -0.309 e. The van der Waals surface area contributed by atoms with E-state index in [1.165, 1.54) is 27.8 Å². The summed E-state index contributed by atoms with van der Waals surface area (Å²) < 4.78 is 0. The molecule has 19 heavy (non-hydrogen) atoms. The number of benzene rings is 2. The van der Waals surface area contributed by atoms with E-state index < -0.39 is 0 Å². The highest BCUT2D eigenvalue weighted by atomic mass is 14.9. The summed E-state index contributed by atoms with van der Waals surface area (Å²) in [5.41, 5.74) is 7.21. The van der Waals surface area contributed by atoms with Crippen molar-refractivity contribution in [3.63, 3.8) is 0 Å². The van der Waals surface area contributed by atoms with Crippen molar-refractivity contribution >= 4 is 0 Å². The summed E-state index contributed by atoms with van der Waals surface area (Å²) in [5.74, 6) is 0. The van der Waals surface area contributed by atoms with E-state index in [-0.39, 0.29) is 0 Å². The molecule has 0 saturated heterocycles. The zero-order chi connectivity index (χ0) is 13.2. The van der Waals surface area contributed by atoms with Gasteiger partial charge in [-0.2, -0.15) is 0 Å². The van der Waals surface area contributed by atoms with Crippen molar-refractivity contribution in [2.45, 2.75) is 32.7 Å². The molecule has 1 unspecified atom stereocenters. The highest BCUT2D eigenvalue weighted by Gasteiger charge is 2.19. The number of nitrogens with one attached hydrogen (secondary N) is 1. The molecule has 1 heterocycles. The van der Waals surface area contributed by atoms with E-state index in [2.05, 4.69) is 61.6 Å². The van der Waals surface area contributed by atoms with Crippen LogP contribution < -0.4 is 5.32 Å². The monoisotopic (exact) mass is 251 g/mol. The molecule has 0 spiro atoms. The fraction of sp³-hybridized carbons (Fsp3) is 0.333. The van der Waals surface area contributed by atoms with Crippen molar-refractivity contribution in [1.82, 2.24) is 5.32 Å². The summed E-state index contributed by atoms with van der Waals surface area (Å²) in [5, 5.41) is 3.67. The number of hydrogen-bond acceptors (Lipinski definition) is 1. The Bertz CT molecular complexity index is 586. The first-order valence-electron chi connectivity index (χ1n) is 7.11. The van der Waals surface area contributed by atoms with Gasteiger partial charge in [0.2, 0.25) is 0 Å². The Balaban J connectivity index is 1.90. The van der Waals surface area contributed by atoms with E-state index in [0.717, 1.165) is 19.4 Å². The Kier molecular flexibility index (Phi) is 3.39. The SMILES string of the molecule is Cc1ccc(C)c(CC2NCCc3ccccc32)c1. The molecule has 0 radical (unpaired) electrons. The summed E-state index contributed by atoms with van der Waals surface area (Å²) in [6.45, 7) is 5.47. The van der Waals surface area contributed by atoms with Gasteiger partial charge in [0.1, 0.15) is 0 Å². The first kappa shape index (κ1) is 12.4. The third-order valence-electron chi connectivity index (χ3n) is 4.14. The summed E-state index contributed by atoms with van der Waals surface area (Å²) >= 11 is 0. The lowest BCUT2D eigenvalue weighted by Crippen LogP contribution is -2.31. The summed E-state index contributed by atoms with van der Waals surface area (Å²) in [6, 6.07) is 16.1. The maximum atomic E-state index is 3.67. The lowest BCUT2D eigenvalue weighted by Gasteiger charge is -2.27. The molecule has 1 aliphatic heterocycles. The van der Waals surface area contributed by atoms with Crippen LogP contribution >= 0.6 is 0 Å². The van der Waals surface area contributed by atoms with E-state index in [9.17, 15) is 0 Å². The van der Waals surface area contributed by atoms with Crippen LogP contribution in [0, 0.1) is 13.8 Å². The molecule has 0 aliphatic carbocycles. The molecular formula is C18H21N. The van der Waals surface area contributed by atoms with Crippen LogP contribution in [0.2, 0.25) is 0 Å². The standard InChI is InChI=1S/C18H21N/c1-13-7-8-14(2)16(11-13)12-18-17-6-4-3-5-15(17)9-10-19-18/h3-8,11,18-19H,9-10,12H2,1-2H3. The van der Waals surface area contributed by atoms with Crippen LogP contribution in [0.15, 0.2) is 42.5 Å². The van der Waals surface area contributed by atoms with Gasteiger partial charge in [0, 0.05) is 6.04 Å². The van der Waals surface area contributed by atoms with Gasteiger partial charge in [-0.15, -0.1) is 0 Å². The average molecular weight is 251 g/mol. The molecule has 1 N–H and O–H groups in total. The molecule has 0 aromatic heterocycles. The third-order valence-corrected chi connectivity index (χ3v) is 4.14. The Labute approximate surface area is 115 Å². The van der Waals surface area contributed by atoms with Gasteiger partial charge in [0.15, 0.2) is 0 Å². The Morgan fingerprint density at radius 2 is 1.95 bits per heavy atom. The quantitative estimate of drug-likeness (QED) is 0.857. The van der Waals surface area contributed by atoms with Crippen LogP contribution in [0.1, 0.15) is 33.9 Å². The summed E-state index contributed by atoms with van der Waals surface area (Å²) in [4.78, 5) is 0. The fourth-order valence-electron chi connectivity index (χ4n) is 3.02. The lowest BCUT2D eigenvalue weighted by molar-refractivity contribution is 0.502. The molecule has 0 bridgehead atoms. The third kappa shape index (κ3) is 2.57. The predicted octanol–water partition coefficient (Wildman–Crippen LogP) is 3.73. The molecule has 0 saturated carbocycles. The van der Waals surface area contributed by atoms with Crippen molar-refractivity contribution < 1.29 is 0 Å². The number of aryl methyl sites for hydroxylation is 2. The Morgan fingerprint density at radius 1 is 1.11 bits per heavy atom. The average Bonchev–Trinajstić information content (AvgIpc) is 2.43. The van der Waals surface area contributed by atoms with E-state index in [1.54, 1.807) is 0 Å². The minimum atomic E-state index is 0.463. The molecule has 0 fully saturated rings. The number of fused-ring (bicyclic) bond motifs is 1. The van der Waals surface area contributed by atoms with Gasteiger partial charge in [-0.05, 0) is 55.5 Å². The van der Waals surface area contributed by atoms with Crippen LogP contribution in [0.5, 0.6) is 0 Å². The zero-order valence-corrected chi connectivity index (χ0v) is 11.7. The number of rotatable bonds is 2. The molecular weight excluding hydrogens is 230 g/mol. The number of hydrogen-bond donors (Lipinski definition) is 1. The smallest absolute Gasteiger partial charge is 0.0363 e. The molecule has 0 amide bonds. The first-order valence-corrected chi connectivity index (χ1v) is 7.11. The molecule has 98 valence electrons. The highest BCUT2D eigenvalue weighted by Crippen LogP contribution is 2.27.